The van der Waals surface area contributed by atoms with Crippen LogP contribution in [0.1, 0.15) is 61.6 Å². The average Bonchev–Trinajstić information content (AvgIpc) is 2.71. The fourth-order valence-corrected chi connectivity index (χ4v) is 4.52. The van der Waals surface area contributed by atoms with Crippen molar-refractivity contribution in [1.82, 2.24) is 0 Å². The van der Waals surface area contributed by atoms with E-state index in [0.717, 1.165) is 30.4 Å². The highest BCUT2D eigenvalue weighted by atomic mass is 16.3. The zero-order chi connectivity index (χ0) is 14.5. The van der Waals surface area contributed by atoms with Gasteiger partial charge in [0, 0.05) is 0 Å². The number of aliphatic hydroxyl groups excluding tert-OH is 1. The first-order valence-corrected chi connectivity index (χ1v) is 7.90. The summed E-state index contributed by atoms with van der Waals surface area (Å²) in [6.45, 7) is 6.25. The number of aromatic hydroxyl groups is 1. The molecule has 4 atom stereocenters. The Bertz CT molecular complexity index is 499. The second-order valence-corrected chi connectivity index (χ2v) is 7.27. The highest BCUT2D eigenvalue weighted by Gasteiger charge is 2.48. The number of benzene rings is 1. The van der Waals surface area contributed by atoms with Gasteiger partial charge in [-0.05, 0) is 79.9 Å². The van der Waals surface area contributed by atoms with Crippen LogP contribution in [0.5, 0.6) is 5.75 Å². The molecule has 2 heteroatoms. The van der Waals surface area contributed by atoms with E-state index in [1.807, 2.05) is 13.8 Å². The van der Waals surface area contributed by atoms with Crippen molar-refractivity contribution in [3.8, 4) is 5.75 Å². The van der Waals surface area contributed by atoms with Gasteiger partial charge in [0.15, 0.2) is 0 Å². The SMILES string of the molecule is Cc1cc([C@H]2CCC3(C)C(O)CCC3C2)cc(C)c1O. The molecule has 1 aromatic rings. The Morgan fingerprint density at radius 3 is 2.40 bits per heavy atom. The first-order valence-electron chi connectivity index (χ1n) is 7.90. The third-order valence-corrected chi connectivity index (χ3v) is 6.07. The summed E-state index contributed by atoms with van der Waals surface area (Å²) in [6, 6.07) is 4.31. The molecular weight excluding hydrogens is 248 g/mol. The minimum Gasteiger partial charge on any atom is -0.507 e. The van der Waals surface area contributed by atoms with Crippen LogP contribution in [0.25, 0.3) is 0 Å². The van der Waals surface area contributed by atoms with Crippen LogP contribution in [-0.4, -0.2) is 16.3 Å². The topological polar surface area (TPSA) is 40.5 Å². The number of rotatable bonds is 1. The Morgan fingerprint density at radius 2 is 1.75 bits per heavy atom. The van der Waals surface area contributed by atoms with E-state index in [-0.39, 0.29) is 11.5 Å². The lowest BCUT2D eigenvalue weighted by Gasteiger charge is -2.42. The number of fused-ring (bicyclic) bond motifs is 1. The van der Waals surface area contributed by atoms with Gasteiger partial charge in [-0.2, -0.15) is 0 Å². The molecule has 2 N–H and O–H groups in total. The van der Waals surface area contributed by atoms with Crippen molar-refractivity contribution in [1.29, 1.82) is 0 Å². The average molecular weight is 274 g/mol. The summed E-state index contributed by atoms with van der Waals surface area (Å²) >= 11 is 0. The van der Waals surface area contributed by atoms with Crippen LogP contribution in [0.2, 0.25) is 0 Å². The first kappa shape index (κ1) is 13.9. The third kappa shape index (κ3) is 2.05. The standard InChI is InChI=1S/C18H26O2/c1-11-8-14(9-12(2)17(11)20)13-6-7-18(3)15(10-13)4-5-16(18)19/h8-9,13,15-16,19-20H,4-7,10H2,1-3H3/t13-,15?,16?,18?/m0/s1. The van der Waals surface area contributed by atoms with E-state index in [2.05, 4.69) is 19.1 Å². The molecule has 20 heavy (non-hydrogen) atoms. The second-order valence-electron chi connectivity index (χ2n) is 7.27. The Labute approximate surface area is 121 Å². The molecule has 2 nitrogen and oxygen atoms in total. The molecule has 110 valence electrons. The Kier molecular flexibility index (Phi) is 3.32. The van der Waals surface area contributed by atoms with Crippen molar-refractivity contribution in [2.24, 2.45) is 11.3 Å². The number of hydrogen-bond acceptors (Lipinski definition) is 2. The van der Waals surface area contributed by atoms with E-state index in [9.17, 15) is 10.2 Å². The summed E-state index contributed by atoms with van der Waals surface area (Å²) < 4.78 is 0. The van der Waals surface area contributed by atoms with Crippen LogP contribution in [-0.2, 0) is 0 Å². The lowest BCUT2D eigenvalue weighted by Crippen LogP contribution is -2.37. The minimum absolute atomic E-state index is 0.100. The van der Waals surface area contributed by atoms with Gasteiger partial charge < -0.3 is 10.2 Å². The first-order chi connectivity index (χ1) is 9.41. The molecule has 0 spiro atoms. The summed E-state index contributed by atoms with van der Waals surface area (Å²) in [5.41, 5.74) is 3.50. The third-order valence-electron chi connectivity index (χ3n) is 6.07. The van der Waals surface area contributed by atoms with E-state index in [1.54, 1.807) is 0 Å². The van der Waals surface area contributed by atoms with Gasteiger partial charge in [-0.15, -0.1) is 0 Å². The fraction of sp³-hybridized carbons (Fsp3) is 0.667. The van der Waals surface area contributed by atoms with Crippen LogP contribution >= 0.6 is 0 Å². The van der Waals surface area contributed by atoms with E-state index in [0.29, 0.717) is 17.6 Å². The van der Waals surface area contributed by atoms with Crippen LogP contribution < -0.4 is 0 Å². The smallest absolute Gasteiger partial charge is 0.121 e. The molecule has 2 aliphatic rings. The Hall–Kier alpha value is -1.02. The molecule has 1 aromatic carbocycles. The van der Waals surface area contributed by atoms with Crippen molar-refractivity contribution < 1.29 is 10.2 Å². The quantitative estimate of drug-likeness (QED) is 0.811. The monoisotopic (exact) mass is 274 g/mol. The zero-order valence-corrected chi connectivity index (χ0v) is 12.8. The lowest BCUT2D eigenvalue weighted by atomic mass is 9.64. The summed E-state index contributed by atoms with van der Waals surface area (Å²) in [5.74, 6) is 1.69. The number of phenolic OH excluding ortho intramolecular Hbond substituents is 1. The van der Waals surface area contributed by atoms with Crippen molar-refractivity contribution in [3.05, 3.63) is 28.8 Å². The fourth-order valence-electron chi connectivity index (χ4n) is 4.52. The van der Waals surface area contributed by atoms with E-state index in [4.69, 9.17) is 0 Å². The van der Waals surface area contributed by atoms with Crippen molar-refractivity contribution in [3.63, 3.8) is 0 Å². The van der Waals surface area contributed by atoms with Gasteiger partial charge in [-0.25, -0.2) is 0 Å². The molecule has 2 saturated carbocycles. The van der Waals surface area contributed by atoms with Crippen molar-refractivity contribution >= 4 is 0 Å². The van der Waals surface area contributed by atoms with Crippen LogP contribution in [0, 0.1) is 25.2 Å². The van der Waals surface area contributed by atoms with Gasteiger partial charge in [0.05, 0.1) is 6.10 Å². The number of hydrogen-bond donors (Lipinski definition) is 2. The van der Waals surface area contributed by atoms with Crippen molar-refractivity contribution in [2.75, 3.05) is 0 Å². The predicted molar refractivity (Wildman–Crippen MR) is 81.0 cm³/mol. The summed E-state index contributed by atoms with van der Waals surface area (Å²) in [7, 11) is 0. The van der Waals surface area contributed by atoms with Gasteiger partial charge in [0.2, 0.25) is 0 Å². The maximum absolute atomic E-state index is 10.2. The van der Waals surface area contributed by atoms with Gasteiger partial charge in [0.1, 0.15) is 5.75 Å². The molecule has 2 aliphatic carbocycles. The highest BCUT2D eigenvalue weighted by Crippen LogP contribution is 2.55. The Balaban J connectivity index is 1.84. The van der Waals surface area contributed by atoms with E-state index in [1.165, 1.54) is 18.4 Å². The summed E-state index contributed by atoms with van der Waals surface area (Å²) in [4.78, 5) is 0. The number of aryl methyl sites for hydroxylation is 2. The van der Waals surface area contributed by atoms with Crippen LogP contribution in [0.15, 0.2) is 12.1 Å². The number of phenols is 1. The molecule has 0 aromatic heterocycles. The van der Waals surface area contributed by atoms with Gasteiger partial charge in [0.25, 0.3) is 0 Å². The van der Waals surface area contributed by atoms with Gasteiger partial charge in [-0.3, -0.25) is 0 Å². The highest BCUT2D eigenvalue weighted by molar-refractivity contribution is 5.43. The van der Waals surface area contributed by atoms with E-state index < -0.39 is 0 Å². The zero-order valence-electron chi connectivity index (χ0n) is 12.8. The molecule has 3 rings (SSSR count). The largest absolute Gasteiger partial charge is 0.507 e. The number of aliphatic hydroxyl groups is 1. The molecule has 0 aliphatic heterocycles. The molecule has 0 amide bonds. The maximum Gasteiger partial charge on any atom is 0.121 e. The predicted octanol–water partition coefficient (Wildman–Crippen LogP) is 4.05. The molecule has 0 heterocycles. The normalized spacial score (nSPS) is 36.9. The Morgan fingerprint density at radius 1 is 1.10 bits per heavy atom. The molecule has 2 fully saturated rings. The molecule has 0 bridgehead atoms. The minimum atomic E-state index is -0.100. The second kappa shape index (κ2) is 4.77. The molecule has 0 radical (unpaired) electrons. The maximum atomic E-state index is 10.2. The van der Waals surface area contributed by atoms with Crippen LogP contribution in [0.3, 0.4) is 0 Å². The van der Waals surface area contributed by atoms with E-state index >= 15 is 0 Å². The summed E-state index contributed by atoms with van der Waals surface area (Å²) in [5, 5.41) is 20.2. The van der Waals surface area contributed by atoms with Crippen LogP contribution in [0.4, 0.5) is 0 Å². The molecule has 0 saturated heterocycles. The van der Waals surface area contributed by atoms with Gasteiger partial charge >= 0.3 is 0 Å². The van der Waals surface area contributed by atoms with Crippen molar-refractivity contribution in [2.45, 2.75) is 64.9 Å². The van der Waals surface area contributed by atoms with Gasteiger partial charge in [-0.1, -0.05) is 19.1 Å². The molecular formula is C18H26O2. The summed E-state index contributed by atoms with van der Waals surface area (Å²) in [6.07, 6.45) is 5.52. The lowest BCUT2D eigenvalue weighted by molar-refractivity contribution is 0.00871. The molecule has 3 unspecified atom stereocenters.